The molecule has 1 aromatic heterocycles. The van der Waals surface area contributed by atoms with E-state index in [9.17, 15) is 22.8 Å². The molecule has 2 amide bonds. The van der Waals surface area contributed by atoms with Crippen molar-refractivity contribution in [3.8, 4) is 0 Å². The minimum absolute atomic E-state index is 0.0625. The van der Waals surface area contributed by atoms with E-state index in [4.69, 9.17) is 0 Å². The highest BCUT2D eigenvalue weighted by Gasteiger charge is 2.27. The molecule has 1 rings (SSSR count). The largest absolute Gasteiger partial charge is 0.411 e. The Morgan fingerprint density at radius 3 is 2.57 bits per heavy atom. The highest BCUT2D eigenvalue weighted by molar-refractivity contribution is 7.12. The highest BCUT2D eigenvalue weighted by atomic mass is 32.1. The summed E-state index contributed by atoms with van der Waals surface area (Å²) in [5, 5.41) is 6.83. The number of nitrogens with one attached hydrogen (secondary N) is 2. The zero-order valence-corrected chi connectivity index (χ0v) is 13.6. The van der Waals surface area contributed by atoms with Crippen molar-refractivity contribution >= 4 is 23.2 Å². The van der Waals surface area contributed by atoms with E-state index >= 15 is 0 Å². The van der Waals surface area contributed by atoms with Gasteiger partial charge in [0, 0.05) is 6.54 Å². The topological polar surface area (TPSA) is 67.4 Å². The molecule has 1 heterocycles. The summed E-state index contributed by atoms with van der Waals surface area (Å²) >= 11 is 1.25. The third kappa shape index (κ3) is 7.47. The quantitative estimate of drug-likeness (QED) is 0.705. The molecule has 5 nitrogen and oxygen atoms in total. The summed E-state index contributed by atoms with van der Waals surface area (Å²) in [7, 11) is 0. The second-order valence-electron chi connectivity index (χ2n) is 5.13. The van der Waals surface area contributed by atoms with Crippen LogP contribution >= 0.6 is 11.3 Å². The van der Waals surface area contributed by atoms with E-state index in [2.05, 4.69) is 15.4 Å². The zero-order chi connectivity index (χ0) is 17.5. The Labute approximate surface area is 136 Å². The average Bonchev–Trinajstić information content (AvgIpc) is 2.96. The van der Waals surface area contributed by atoms with Crippen LogP contribution in [0.2, 0.25) is 0 Å². The van der Waals surface area contributed by atoms with Crippen LogP contribution in [0.1, 0.15) is 23.5 Å². The molecule has 9 heteroatoms. The van der Waals surface area contributed by atoms with Crippen LogP contribution in [0.4, 0.5) is 13.2 Å². The van der Waals surface area contributed by atoms with E-state index < -0.39 is 24.7 Å². The number of carbonyl (C=O) groups excluding carboxylic acids is 2. The Balaban J connectivity index is 2.41. The monoisotopic (exact) mass is 352 g/mol. The molecule has 23 heavy (non-hydrogen) atoms. The average molecular weight is 352 g/mol. The zero-order valence-electron chi connectivity index (χ0n) is 12.8. The maximum atomic E-state index is 12.0. The lowest BCUT2D eigenvalue weighted by atomic mass is 10.0. The van der Waals surface area contributed by atoms with Gasteiger partial charge in [-0.25, -0.2) is 0 Å². The second kappa shape index (κ2) is 8.88. The first kappa shape index (κ1) is 19.4. The predicted molar refractivity (Wildman–Crippen MR) is 80.3 cm³/mol. The van der Waals surface area contributed by atoms with Crippen molar-refractivity contribution in [1.82, 2.24) is 10.6 Å². The number of alkyl halides is 3. The summed E-state index contributed by atoms with van der Waals surface area (Å²) in [6.45, 7) is 1.85. The van der Waals surface area contributed by atoms with Gasteiger partial charge in [0.2, 0.25) is 5.91 Å². The number of ether oxygens (including phenoxy) is 1. The van der Waals surface area contributed by atoms with Gasteiger partial charge in [-0.3, -0.25) is 9.59 Å². The molecule has 0 saturated heterocycles. The maximum Gasteiger partial charge on any atom is 0.411 e. The SMILES string of the molecule is CC(C)C(NC(=O)c1cccs1)C(=O)NCCOCC(F)(F)F. The third-order valence-corrected chi connectivity index (χ3v) is 3.66. The molecule has 0 radical (unpaired) electrons. The van der Waals surface area contributed by atoms with Crippen molar-refractivity contribution in [1.29, 1.82) is 0 Å². The van der Waals surface area contributed by atoms with Crippen LogP contribution in [0.5, 0.6) is 0 Å². The Bertz CT molecular complexity index is 504. The molecule has 0 aliphatic rings. The van der Waals surface area contributed by atoms with Crippen molar-refractivity contribution in [2.75, 3.05) is 19.8 Å². The lowest BCUT2D eigenvalue weighted by molar-refractivity contribution is -0.173. The van der Waals surface area contributed by atoms with E-state index in [0.717, 1.165) is 0 Å². The van der Waals surface area contributed by atoms with E-state index in [1.807, 2.05) is 0 Å². The maximum absolute atomic E-state index is 12.0. The van der Waals surface area contributed by atoms with E-state index in [0.29, 0.717) is 4.88 Å². The van der Waals surface area contributed by atoms with Gasteiger partial charge >= 0.3 is 6.18 Å². The minimum Gasteiger partial charge on any atom is -0.370 e. The number of amides is 2. The Hall–Kier alpha value is -1.61. The summed E-state index contributed by atoms with van der Waals surface area (Å²) in [5.41, 5.74) is 0. The summed E-state index contributed by atoms with van der Waals surface area (Å²) in [6.07, 6.45) is -4.39. The van der Waals surface area contributed by atoms with Gasteiger partial charge in [-0.05, 0) is 17.4 Å². The van der Waals surface area contributed by atoms with Gasteiger partial charge < -0.3 is 15.4 Å². The molecular formula is C14H19F3N2O3S. The van der Waals surface area contributed by atoms with Crippen molar-refractivity contribution in [3.63, 3.8) is 0 Å². The number of rotatable bonds is 8. The molecule has 2 N–H and O–H groups in total. The van der Waals surface area contributed by atoms with Crippen molar-refractivity contribution in [2.45, 2.75) is 26.1 Å². The van der Waals surface area contributed by atoms with E-state index in [-0.39, 0.29) is 25.0 Å². The third-order valence-electron chi connectivity index (χ3n) is 2.79. The normalized spacial score (nSPS) is 13.0. The first-order valence-electron chi connectivity index (χ1n) is 6.97. The lowest BCUT2D eigenvalue weighted by Crippen LogP contribution is -2.50. The summed E-state index contributed by atoms with van der Waals surface area (Å²) in [6, 6.07) is 2.59. The summed E-state index contributed by atoms with van der Waals surface area (Å²) in [4.78, 5) is 24.5. The van der Waals surface area contributed by atoms with Crippen LogP contribution in [-0.4, -0.2) is 43.8 Å². The van der Waals surface area contributed by atoms with Crippen molar-refractivity contribution in [2.24, 2.45) is 5.92 Å². The van der Waals surface area contributed by atoms with Crippen LogP contribution in [0, 0.1) is 5.92 Å². The smallest absolute Gasteiger partial charge is 0.370 e. The number of thiophene rings is 1. The Kier molecular flexibility index (Phi) is 7.50. The Morgan fingerprint density at radius 1 is 1.35 bits per heavy atom. The lowest BCUT2D eigenvalue weighted by Gasteiger charge is -2.21. The number of carbonyl (C=O) groups is 2. The molecule has 0 aliphatic heterocycles. The van der Waals surface area contributed by atoms with Gasteiger partial charge in [-0.15, -0.1) is 11.3 Å². The molecule has 0 saturated carbocycles. The van der Waals surface area contributed by atoms with Crippen LogP contribution in [-0.2, 0) is 9.53 Å². The van der Waals surface area contributed by atoms with Crippen LogP contribution in [0.25, 0.3) is 0 Å². The fraction of sp³-hybridized carbons (Fsp3) is 0.571. The molecule has 130 valence electrons. The summed E-state index contributed by atoms with van der Waals surface area (Å²) in [5.74, 6) is -0.988. The first-order chi connectivity index (χ1) is 10.7. The molecule has 1 unspecified atom stereocenters. The molecule has 0 aliphatic carbocycles. The van der Waals surface area contributed by atoms with Crippen LogP contribution < -0.4 is 10.6 Å². The minimum atomic E-state index is -4.39. The number of halogens is 3. The van der Waals surface area contributed by atoms with Gasteiger partial charge in [0.25, 0.3) is 5.91 Å². The summed E-state index contributed by atoms with van der Waals surface area (Å²) < 4.78 is 40.1. The molecule has 1 aromatic rings. The molecule has 0 bridgehead atoms. The van der Waals surface area contributed by atoms with E-state index in [1.165, 1.54) is 11.3 Å². The molecule has 0 aromatic carbocycles. The van der Waals surface area contributed by atoms with Gasteiger partial charge in [0.05, 0.1) is 11.5 Å². The number of hydrogen-bond donors (Lipinski definition) is 2. The van der Waals surface area contributed by atoms with Gasteiger partial charge in [-0.1, -0.05) is 19.9 Å². The van der Waals surface area contributed by atoms with Gasteiger partial charge in [-0.2, -0.15) is 13.2 Å². The van der Waals surface area contributed by atoms with Crippen LogP contribution in [0.3, 0.4) is 0 Å². The first-order valence-corrected chi connectivity index (χ1v) is 7.85. The van der Waals surface area contributed by atoms with Gasteiger partial charge in [0.15, 0.2) is 0 Å². The second-order valence-corrected chi connectivity index (χ2v) is 6.08. The fourth-order valence-electron chi connectivity index (χ4n) is 1.70. The van der Waals surface area contributed by atoms with Crippen molar-refractivity contribution in [3.05, 3.63) is 22.4 Å². The fourth-order valence-corrected chi connectivity index (χ4v) is 2.33. The highest BCUT2D eigenvalue weighted by Crippen LogP contribution is 2.14. The van der Waals surface area contributed by atoms with Gasteiger partial charge in [0.1, 0.15) is 12.6 Å². The standard InChI is InChI=1S/C14H19F3N2O3S/c1-9(2)11(19-12(20)10-4-3-7-23-10)13(21)18-5-6-22-8-14(15,16)17/h3-4,7,9,11H,5-6,8H2,1-2H3,(H,18,21)(H,19,20). The molecule has 1 atom stereocenters. The van der Waals surface area contributed by atoms with Crippen molar-refractivity contribution < 1.29 is 27.5 Å². The van der Waals surface area contributed by atoms with E-state index in [1.54, 1.807) is 31.4 Å². The predicted octanol–water partition coefficient (Wildman–Crippen LogP) is 2.20. The molecular weight excluding hydrogens is 333 g/mol. The Morgan fingerprint density at radius 2 is 2.04 bits per heavy atom. The van der Waals surface area contributed by atoms with Crippen LogP contribution in [0.15, 0.2) is 17.5 Å². The molecule has 0 spiro atoms. The molecule has 0 fully saturated rings. The number of hydrogen-bond acceptors (Lipinski definition) is 4.